The maximum Gasteiger partial charge on any atom is 0.324 e. The Morgan fingerprint density at radius 3 is 2.38 bits per heavy atom. The monoisotopic (exact) mass is 132 g/mol. The number of nitrogens with two attached hydrogens (primary N) is 1. The topological polar surface area (TPSA) is 46.3 Å². The normalized spacial score (nSPS) is 18.1. The minimum atomic E-state index is -0.448. The Labute approximate surface area is 53.4 Å². The first-order valence-corrected chi connectivity index (χ1v) is 2.89. The fraction of sp³-hybridized carbons (Fsp3) is 0.750. The van der Waals surface area contributed by atoms with E-state index in [2.05, 4.69) is 12.8 Å². The highest BCUT2D eigenvalue weighted by atomic mass is 32.1. The molecule has 0 unspecified atom stereocenters. The minimum Gasteiger partial charge on any atom is -0.351 e. The second kappa shape index (κ2) is 1.85. The van der Waals surface area contributed by atoms with Crippen molar-refractivity contribution in [3.8, 4) is 0 Å². The number of urea groups is 1. The molecule has 0 aromatic rings. The molecule has 4 heteroatoms. The van der Waals surface area contributed by atoms with E-state index in [1.807, 2.05) is 0 Å². The molecular formula is C4H8N2OS. The maximum absolute atomic E-state index is 10.3. The standard InChI is InChI=1S/C4H8N2OS/c5-4(7)6(8)3-1-2-3/h3,8H,1-2H2,(H2,5,7). The summed E-state index contributed by atoms with van der Waals surface area (Å²) < 4.78 is 1.28. The molecule has 1 saturated carbocycles. The lowest BCUT2D eigenvalue weighted by molar-refractivity contribution is 0.234. The van der Waals surface area contributed by atoms with Gasteiger partial charge < -0.3 is 5.73 Å². The van der Waals surface area contributed by atoms with Gasteiger partial charge in [0.25, 0.3) is 0 Å². The maximum atomic E-state index is 10.3. The van der Waals surface area contributed by atoms with Crippen molar-refractivity contribution in [2.24, 2.45) is 5.73 Å². The van der Waals surface area contributed by atoms with Crippen LogP contribution in [-0.2, 0) is 0 Å². The molecule has 0 atom stereocenters. The number of thiol groups is 1. The molecule has 3 nitrogen and oxygen atoms in total. The average molecular weight is 132 g/mol. The van der Waals surface area contributed by atoms with Crippen LogP contribution in [0.25, 0.3) is 0 Å². The van der Waals surface area contributed by atoms with Crippen molar-refractivity contribution in [3.05, 3.63) is 0 Å². The Morgan fingerprint density at radius 2 is 2.25 bits per heavy atom. The van der Waals surface area contributed by atoms with Gasteiger partial charge in [0.15, 0.2) is 0 Å². The Kier molecular flexibility index (Phi) is 1.33. The van der Waals surface area contributed by atoms with Gasteiger partial charge in [0.2, 0.25) is 0 Å². The van der Waals surface area contributed by atoms with E-state index < -0.39 is 6.03 Å². The first-order valence-electron chi connectivity index (χ1n) is 2.49. The van der Waals surface area contributed by atoms with E-state index in [-0.39, 0.29) is 0 Å². The van der Waals surface area contributed by atoms with Crippen LogP contribution in [0.5, 0.6) is 0 Å². The molecule has 0 aromatic heterocycles. The summed E-state index contributed by atoms with van der Waals surface area (Å²) in [6.45, 7) is 0. The number of primary amides is 1. The molecule has 1 rings (SSSR count). The second-order valence-electron chi connectivity index (χ2n) is 1.91. The molecule has 0 spiro atoms. The summed E-state index contributed by atoms with van der Waals surface area (Å²) in [5, 5.41) is 0. The summed E-state index contributed by atoms with van der Waals surface area (Å²) in [7, 11) is 0. The highest BCUT2D eigenvalue weighted by molar-refractivity contribution is 7.78. The van der Waals surface area contributed by atoms with Gasteiger partial charge in [-0.2, -0.15) is 0 Å². The summed E-state index contributed by atoms with van der Waals surface area (Å²) in [5.74, 6) is 0. The zero-order valence-electron chi connectivity index (χ0n) is 4.37. The van der Waals surface area contributed by atoms with Gasteiger partial charge in [-0.25, -0.2) is 4.79 Å². The molecule has 0 aliphatic heterocycles. The number of carbonyl (C=O) groups excluding carboxylic acids is 1. The number of carbonyl (C=O) groups is 1. The van der Waals surface area contributed by atoms with Crippen molar-refractivity contribution in [3.63, 3.8) is 0 Å². The molecule has 1 aliphatic rings. The highest BCUT2D eigenvalue weighted by Crippen LogP contribution is 2.27. The summed E-state index contributed by atoms with van der Waals surface area (Å²) in [5.41, 5.74) is 4.89. The van der Waals surface area contributed by atoms with Crippen LogP contribution in [0.1, 0.15) is 12.8 Å². The quantitative estimate of drug-likeness (QED) is 0.498. The summed E-state index contributed by atoms with van der Waals surface area (Å²) in [6.07, 6.45) is 2.10. The van der Waals surface area contributed by atoms with E-state index in [0.29, 0.717) is 6.04 Å². The van der Waals surface area contributed by atoms with Crippen molar-refractivity contribution in [1.82, 2.24) is 4.31 Å². The van der Waals surface area contributed by atoms with Crippen LogP contribution in [0.2, 0.25) is 0 Å². The summed E-state index contributed by atoms with van der Waals surface area (Å²) >= 11 is 3.84. The van der Waals surface area contributed by atoms with Crippen LogP contribution >= 0.6 is 12.8 Å². The summed E-state index contributed by atoms with van der Waals surface area (Å²) in [4.78, 5) is 10.3. The molecule has 0 saturated heterocycles. The number of nitrogens with zero attached hydrogens (tertiary/aromatic N) is 1. The van der Waals surface area contributed by atoms with Gasteiger partial charge in [-0.15, -0.1) is 0 Å². The number of hydrogen-bond donors (Lipinski definition) is 2. The van der Waals surface area contributed by atoms with Crippen molar-refractivity contribution >= 4 is 18.8 Å². The lowest BCUT2D eigenvalue weighted by Crippen LogP contribution is -2.29. The Bertz CT molecular complexity index is 113. The predicted octanol–water partition coefficient (Wildman–Crippen LogP) is 0.374. The van der Waals surface area contributed by atoms with Gasteiger partial charge in [-0.05, 0) is 12.8 Å². The van der Waals surface area contributed by atoms with Crippen LogP contribution in [0.4, 0.5) is 4.79 Å². The molecule has 0 radical (unpaired) electrons. The number of amides is 2. The molecule has 46 valence electrons. The smallest absolute Gasteiger partial charge is 0.324 e. The Balaban J connectivity index is 2.32. The number of rotatable bonds is 1. The second-order valence-corrected chi connectivity index (χ2v) is 2.34. The first kappa shape index (κ1) is 5.75. The van der Waals surface area contributed by atoms with E-state index in [1.54, 1.807) is 0 Å². The lowest BCUT2D eigenvalue weighted by atomic mass is 10.7. The van der Waals surface area contributed by atoms with Gasteiger partial charge in [-0.1, -0.05) is 12.8 Å². The third kappa shape index (κ3) is 1.06. The zero-order chi connectivity index (χ0) is 6.15. The third-order valence-corrected chi connectivity index (χ3v) is 1.64. The zero-order valence-corrected chi connectivity index (χ0v) is 5.27. The minimum absolute atomic E-state index is 0.316. The van der Waals surface area contributed by atoms with Crippen molar-refractivity contribution in [2.75, 3.05) is 0 Å². The molecule has 1 aliphatic carbocycles. The van der Waals surface area contributed by atoms with Crippen LogP contribution in [-0.4, -0.2) is 16.4 Å². The molecular weight excluding hydrogens is 124 g/mol. The fourth-order valence-corrected chi connectivity index (χ4v) is 0.730. The molecule has 0 bridgehead atoms. The molecule has 0 heterocycles. The van der Waals surface area contributed by atoms with Crippen LogP contribution in [0, 0.1) is 0 Å². The first-order chi connectivity index (χ1) is 3.72. The van der Waals surface area contributed by atoms with Gasteiger partial charge in [0, 0.05) is 6.04 Å². The van der Waals surface area contributed by atoms with E-state index in [1.165, 1.54) is 4.31 Å². The predicted molar refractivity (Wildman–Crippen MR) is 33.4 cm³/mol. The Hall–Kier alpha value is -0.380. The van der Waals surface area contributed by atoms with Crippen LogP contribution < -0.4 is 5.73 Å². The van der Waals surface area contributed by atoms with Gasteiger partial charge >= 0.3 is 6.03 Å². The van der Waals surface area contributed by atoms with Gasteiger partial charge in [-0.3, -0.25) is 4.31 Å². The van der Waals surface area contributed by atoms with E-state index in [0.717, 1.165) is 12.8 Å². The molecule has 0 aromatic carbocycles. The summed E-state index contributed by atoms with van der Waals surface area (Å²) in [6, 6.07) is -0.133. The van der Waals surface area contributed by atoms with Crippen molar-refractivity contribution < 1.29 is 4.79 Å². The molecule has 2 amide bonds. The number of hydrogen-bond acceptors (Lipinski definition) is 2. The fourth-order valence-electron chi connectivity index (χ4n) is 0.499. The van der Waals surface area contributed by atoms with Crippen LogP contribution in [0.3, 0.4) is 0 Å². The average Bonchev–Trinajstić information content (AvgIpc) is 2.43. The van der Waals surface area contributed by atoms with Gasteiger partial charge in [0.1, 0.15) is 0 Å². The molecule has 1 fully saturated rings. The molecule has 2 N–H and O–H groups in total. The van der Waals surface area contributed by atoms with Crippen LogP contribution in [0.15, 0.2) is 0 Å². The SMILES string of the molecule is NC(=O)N(S)C1CC1. The van der Waals surface area contributed by atoms with Crippen molar-refractivity contribution in [2.45, 2.75) is 18.9 Å². The van der Waals surface area contributed by atoms with E-state index >= 15 is 0 Å². The van der Waals surface area contributed by atoms with E-state index in [4.69, 9.17) is 5.73 Å². The highest BCUT2D eigenvalue weighted by Gasteiger charge is 2.29. The Morgan fingerprint density at radius 1 is 1.75 bits per heavy atom. The van der Waals surface area contributed by atoms with E-state index in [9.17, 15) is 4.79 Å². The van der Waals surface area contributed by atoms with Gasteiger partial charge in [0.05, 0.1) is 0 Å². The third-order valence-electron chi connectivity index (χ3n) is 1.12. The molecule has 8 heavy (non-hydrogen) atoms. The lowest BCUT2D eigenvalue weighted by Gasteiger charge is -2.08. The largest absolute Gasteiger partial charge is 0.351 e. The van der Waals surface area contributed by atoms with Crippen molar-refractivity contribution in [1.29, 1.82) is 0 Å².